The number of benzene rings is 1. The average molecular weight is 244 g/mol. The Morgan fingerprint density at radius 3 is 2.67 bits per heavy atom. The van der Waals surface area contributed by atoms with Crippen LogP contribution in [-0.4, -0.2) is 16.3 Å². The summed E-state index contributed by atoms with van der Waals surface area (Å²) in [5.41, 5.74) is 2.00. The molecule has 0 saturated carbocycles. The second kappa shape index (κ2) is 5.49. The zero-order valence-corrected chi connectivity index (χ0v) is 10.5. The van der Waals surface area contributed by atoms with E-state index >= 15 is 0 Å². The Bertz CT molecular complexity index is 518. The van der Waals surface area contributed by atoms with Gasteiger partial charge in [0.2, 0.25) is 5.88 Å². The summed E-state index contributed by atoms with van der Waals surface area (Å²) in [6.07, 6.45) is 0.879. The molecule has 1 aromatic heterocycles. The van der Waals surface area contributed by atoms with Crippen molar-refractivity contribution in [2.75, 3.05) is 0 Å². The molecule has 4 nitrogen and oxygen atoms in total. The highest BCUT2D eigenvalue weighted by atomic mass is 16.5. The van der Waals surface area contributed by atoms with E-state index in [9.17, 15) is 4.79 Å². The Balaban J connectivity index is 2.40. The van der Waals surface area contributed by atoms with Gasteiger partial charge in [-0.3, -0.25) is 4.79 Å². The number of nitrogens with zero attached hydrogens (tertiary/aromatic N) is 2. The highest BCUT2D eigenvalue weighted by Crippen LogP contribution is 2.19. The van der Waals surface area contributed by atoms with E-state index in [1.165, 1.54) is 0 Å². The van der Waals surface area contributed by atoms with Crippen LogP contribution in [0, 0.1) is 5.92 Å². The number of rotatable bonds is 5. The molecule has 94 valence electrons. The maximum absolute atomic E-state index is 10.4. The van der Waals surface area contributed by atoms with E-state index < -0.39 is 0 Å². The summed E-state index contributed by atoms with van der Waals surface area (Å²) in [6, 6.07) is 11.6. The third-order valence-electron chi connectivity index (χ3n) is 2.55. The Morgan fingerprint density at radius 1 is 1.33 bits per heavy atom. The predicted octanol–water partition coefficient (Wildman–Crippen LogP) is 2.61. The van der Waals surface area contributed by atoms with Gasteiger partial charge in [0.1, 0.15) is 0 Å². The largest absolute Gasteiger partial charge is 0.408 e. The summed E-state index contributed by atoms with van der Waals surface area (Å²) in [5, 5.41) is 4.29. The lowest BCUT2D eigenvalue weighted by Crippen LogP contribution is -2.05. The molecule has 0 N–H and O–H groups in total. The van der Waals surface area contributed by atoms with Crippen LogP contribution in [0.3, 0.4) is 0 Å². The van der Waals surface area contributed by atoms with Crippen LogP contribution >= 0.6 is 0 Å². The number of ether oxygens (including phenoxy) is 1. The SMILES string of the molecule is CC(C)Cc1cc(OC=O)nn1-c1ccccc1. The normalized spacial score (nSPS) is 10.6. The van der Waals surface area contributed by atoms with Crippen LogP contribution in [0.4, 0.5) is 0 Å². The molecule has 1 aromatic carbocycles. The third-order valence-corrected chi connectivity index (χ3v) is 2.55. The summed E-state index contributed by atoms with van der Waals surface area (Å²) in [4.78, 5) is 10.4. The maximum atomic E-state index is 10.4. The fourth-order valence-corrected chi connectivity index (χ4v) is 1.86. The topological polar surface area (TPSA) is 44.1 Å². The highest BCUT2D eigenvalue weighted by molar-refractivity contribution is 5.44. The zero-order chi connectivity index (χ0) is 13.0. The molecule has 0 aliphatic carbocycles. The molecular weight excluding hydrogens is 228 g/mol. The van der Waals surface area contributed by atoms with Gasteiger partial charge < -0.3 is 4.74 Å². The van der Waals surface area contributed by atoms with Crippen molar-refractivity contribution in [1.29, 1.82) is 0 Å². The van der Waals surface area contributed by atoms with Crippen LogP contribution in [0.15, 0.2) is 36.4 Å². The smallest absolute Gasteiger partial charge is 0.299 e. The molecule has 0 aliphatic rings. The molecule has 0 atom stereocenters. The monoisotopic (exact) mass is 244 g/mol. The zero-order valence-electron chi connectivity index (χ0n) is 10.5. The summed E-state index contributed by atoms with van der Waals surface area (Å²) < 4.78 is 6.64. The van der Waals surface area contributed by atoms with Gasteiger partial charge in [-0.25, -0.2) is 4.68 Å². The quantitative estimate of drug-likeness (QED) is 0.759. The molecule has 0 aliphatic heterocycles. The summed E-state index contributed by atoms with van der Waals surface area (Å²) in [6.45, 7) is 4.68. The fraction of sp³-hybridized carbons (Fsp3) is 0.286. The number of carbonyl (C=O) groups is 1. The Labute approximate surface area is 106 Å². The van der Waals surface area contributed by atoms with Gasteiger partial charge in [-0.15, -0.1) is 5.10 Å². The van der Waals surface area contributed by atoms with Crippen molar-refractivity contribution in [2.45, 2.75) is 20.3 Å². The average Bonchev–Trinajstić information content (AvgIpc) is 2.73. The van der Waals surface area contributed by atoms with Crippen LogP contribution in [0.1, 0.15) is 19.5 Å². The Morgan fingerprint density at radius 2 is 2.06 bits per heavy atom. The summed E-state index contributed by atoms with van der Waals surface area (Å²) in [7, 11) is 0. The number of carbonyl (C=O) groups excluding carboxylic acids is 1. The van der Waals surface area contributed by atoms with Crippen molar-refractivity contribution < 1.29 is 9.53 Å². The van der Waals surface area contributed by atoms with Crippen LogP contribution in [0.5, 0.6) is 5.88 Å². The number of hydrogen-bond acceptors (Lipinski definition) is 3. The second-order valence-electron chi connectivity index (χ2n) is 4.53. The first kappa shape index (κ1) is 12.4. The first-order valence-electron chi connectivity index (χ1n) is 5.95. The van der Waals surface area contributed by atoms with E-state index in [0.717, 1.165) is 17.8 Å². The fourth-order valence-electron chi connectivity index (χ4n) is 1.86. The molecule has 18 heavy (non-hydrogen) atoms. The van der Waals surface area contributed by atoms with E-state index in [1.54, 1.807) is 6.07 Å². The molecule has 0 radical (unpaired) electrons. The molecule has 1 heterocycles. The minimum Gasteiger partial charge on any atom is -0.408 e. The molecule has 0 amide bonds. The van der Waals surface area contributed by atoms with Gasteiger partial charge in [0.25, 0.3) is 6.47 Å². The van der Waals surface area contributed by atoms with E-state index in [2.05, 4.69) is 18.9 Å². The lowest BCUT2D eigenvalue weighted by molar-refractivity contribution is -0.120. The Hall–Kier alpha value is -2.10. The number of hydrogen-bond donors (Lipinski definition) is 0. The maximum Gasteiger partial charge on any atom is 0.299 e. The molecule has 0 bridgehead atoms. The first-order valence-corrected chi connectivity index (χ1v) is 5.95. The van der Waals surface area contributed by atoms with E-state index in [1.807, 2.05) is 35.0 Å². The highest BCUT2D eigenvalue weighted by Gasteiger charge is 2.11. The van der Waals surface area contributed by atoms with Crippen LogP contribution in [-0.2, 0) is 11.2 Å². The van der Waals surface area contributed by atoms with Crippen molar-refractivity contribution in [2.24, 2.45) is 5.92 Å². The number of aromatic nitrogens is 2. The van der Waals surface area contributed by atoms with Gasteiger partial charge in [0.05, 0.1) is 5.69 Å². The van der Waals surface area contributed by atoms with Crippen molar-refractivity contribution >= 4 is 6.47 Å². The van der Waals surface area contributed by atoms with Gasteiger partial charge >= 0.3 is 0 Å². The van der Waals surface area contributed by atoms with Crippen LogP contribution in [0.25, 0.3) is 5.69 Å². The van der Waals surface area contributed by atoms with Gasteiger partial charge in [-0.2, -0.15) is 0 Å². The molecule has 0 spiro atoms. The number of para-hydroxylation sites is 1. The van der Waals surface area contributed by atoms with Crippen molar-refractivity contribution in [3.8, 4) is 11.6 Å². The molecule has 2 rings (SSSR count). The van der Waals surface area contributed by atoms with Crippen molar-refractivity contribution in [3.63, 3.8) is 0 Å². The lowest BCUT2D eigenvalue weighted by Gasteiger charge is -2.08. The molecule has 0 unspecified atom stereocenters. The third kappa shape index (κ3) is 2.77. The standard InChI is InChI=1S/C14H16N2O2/c1-11(2)8-13-9-14(18-10-17)15-16(13)12-6-4-3-5-7-12/h3-7,9-11H,8H2,1-2H3. The predicted molar refractivity (Wildman–Crippen MR) is 68.8 cm³/mol. The van der Waals surface area contributed by atoms with Crippen LogP contribution < -0.4 is 4.74 Å². The minimum atomic E-state index is 0.338. The van der Waals surface area contributed by atoms with E-state index in [0.29, 0.717) is 18.3 Å². The summed E-state index contributed by atoms with van der Waals surface area (Å²) in [5.74, 6) is 0.845. The molecular formula is C14H16N2O2. The van der Waals surface area contributed by atoms with Gasteiger partial charge in [0.15, 0.2) is 0 Å². The second-order valence-corrected chi connectivity index (χ2v) is 4.53. The molecule has 0 saturated heterocycles. The molecule has 4 heteroatoms. The molecule has 0 fully saturated rings. The Kier molecular flexibility index (Phi) is 3.77. The van der Waals surface area contributed by atoms with E-state index in [-0.39, 0.29) is 0 Å². The van der Waals surface area contributed by atoms with Gasteiger partial charge in [-0.05, 0) is 24.5 Å². The van der Waals surface area contributed by atoms with Gasteiger partial charge in [0, 0.05) is 11.8 Å². The van der Waals surface area contributed by atoms with Crippen molar-refractivity contribution in [3.05, 3.63) is 42.1 Å². The van der Waals surface area contributed by atoms with Gasteiger partial charge in [-0.1, -0.05) is 32.0 Å². The lowest BCUT2D eigenvalue weighted by atomic mass is 10.1. The first-order chi connectivity index (χ1) is 8.70. The minimum absolute atomic E-state index is 0.338. The van der Waals surface area contributed by atoms with Crippen LogP contribution in [0.2, 0.25) is 0 Å². The van der Waals surface area contributed by atoms with E-state index in [4.69, 9.17) is 4.74 Å². The van der Waals surface area contributed by atoms with Crippen molar-refractivity contribution in [1.82, 2.24) is 9.78 Å². The molecule has 2 aromatic rings. The summed E-state index contributed by atoms with van der Waals surface area (Å²) >= 11 is 0.